The normalized spacial score (nSPS) is 10.2. The standard InChI is InChI=1S/C11H11N5O2S/c1-7-3-8(2)11(10(4-7)19(14,17)18)16-15-9(5-12)6-13/h3-4,16H,1-2H3,(H2,14,17,18). The number of primary sulfonamides is 1. The molecule has 0 radical (unpaired) electrons. The Labute approximate surface area is 111 Å². The van der Waals surface area contributed by atoms with Crippen LogP contribution in [-0.4, -0.2) is 14.1 Å². The highest BCUT2D eigenvalue weighted by molar-refractivity contribution is 7.89. The lowest BCUT2D eigenvalue weighted by molar-refractivity contribution is 0.598. The molecule has 0 unspecified atom stereocenters. The number of nitrogens with zero attached hydrogens (tertiary/aromatic N) is 3. The first-order valence-electron chi connectivity index (χ1n) is 5.07. The predicted molar refractivity (Wildman–Crippen MR) is 69.6 cm³/mol. The van der Waals surface area contributed by atoms with E-state index in [-0.39, 0.29) is 10.6 Å². The molecule has 0 aliphatic rings. The summed E-state index contributed by atoms with van der Waals surface area (Å²) < 4.78 is 23.0. The van der Waals surface area contributed by atoms with E-state index in [0.717, 1.165) is 5.56 Å². The Balaban J connectivity index is 3.41. The summed E-state index contributed by atoms with van der Waals surface area (Å²) in [5.74, 6) is 0. The summed E-state index contributed by atoms with van der Waals surface area (Å²) in [6.45, 7) is 3.39. The fraction of sp³-hybridized carbons (Fsp3) is 0.182. The van der Waals surface area contributed by atoms with Crippen LogP contribution in [0.2, 0.25) is 0 Å². The van der Waals surface area contributed by atoms with Crippen molar-refractivity contribution in [1.82, 2.24) is 0 Å². The number of rotatable bonds is 3. The molecule has 0 aliphatic heterocycles. The second kappa shape index (κ2) is 5.48. The van der Waals surface area contributed by atoms with Gasteiger partial charge in [0.05, 0.1) is 5.69 Å². The fourth-order valence-corrected chi connectivity index (χ4v) is 2.32. The van der Waals surface area contributed by atoms with Gasteiger partial charge in [0.1, 0.15) is 17.0 Å². The summed E-state index contributed by atoms with van der Waals surface area (Å²) in [7, 11) is -3.94. The summed E-state index contributed by atoms with van der Waals surface area (Å²) in [6.07, 6.45) is 0. The van der Waals surface area contributed by atoms with Crippen molar-refractivity contribution in [3.63, 3.8) is 0 Å². The van der Waals surface area contributed by atoms with Crippen molar-refractivity contribution in [2.24, 2.45) is 10.2 Å². The fourth-order valence-electron chi connectivity index (χ4n) is 1.48. The molecule has 0 bridgehead atoms. The van der Waals surface area contributed by atoms with Crippen LogP contribution in [0.15, 0.2) is 22.1 Å². The number of nitrogens with two attached hydrogens (primary N) is 1. The molecule has 7 nitrogen and oxygen atoms in total. The molecule has 0 fully saturated rings. The van der Waals surface area contributed by atoms with Crippen molar-refractivity contribution in [1.29, 1.82) is 10.5 Å². The molecule has 1 aromatic carbocycles. The zero-order valence-electron chi connectivity index (χ0n) is 10.3. The van der Waals surface area contributed by atoms with E-state index in [1.165, 1.54) is 6.07 Å². The van der Waals surface area contributed by atoms with Gasteiger partial charge in [-0.25, -0.2) is 13.6 Å². The Morgan fingerprint density at radius 1 is 1.32 bits per heavy atom. The molecule has 3 N–H and O–H groups in total. The van der Waals surface area contributed by atoms with Gasteiger partial charge in [-0.1, -0.05) is 6.07 Å². The summed E-state index contributed by atoms with van der Waals surface area (Å²) in [5, 5.41) is 25.8. The Morgan fingerprint density at radius 2 is 1.89 bits per heavy atom. The minimum atomic E-state index is -3.94. The zero-order valence-corrected chi connectivity index (χ0v) is 11.1. The third-order valence-corrected chi connectivity index (χ3v) is 3.18. The van der Waals surface area contributed by atoms with E-state index in [4.69, 9.17) is 15.7 Å². The van der Waals surface area contributed by atoms with Crippen molar-refractivity contribution < 1.29 is 8.42 Å². The van der Waals surface area contributed by atoms with Gasteiger partial charge in [0.2, 0.25) is 15.7 Å². The van der Waals surface area contributed by atoms with Crippen LogP contribution in [0, 0.1) is 36.5 Å². The van der Waals surface area contributed by atoms with Crippen LogP contribution in [0.1, 0.15) is 11.1 Å². The maximum Gasteiger partial charge on any atom is 0.240 e. The molecule has 1 rings (SSSR count). The lowest BCUT2D eigenvalue weighted by Crippen LogP contribution is -2.15. The van der Waals surface area contributed by atoms with Crippen LogP contribution >= 0.6 is 0 Å². The largest absolute Gasteiger partial charge is 0.275 e. The third kappa shape index (κ3) is 3.52. The summed E-state index contributed by atoms with van der Waals surface area (Å²) in [5.41, 5.74) is 3.44. The Kier molecular flexibility index (Phi) is 4.22. The van der Waals surface area contributed by atoms with Crippen LogP contribution in [0.4, 0.5) is 5.69 Å². The van der Waals surface area contributed by atoms with Crippen molar-refractivity contribution in [2.45, 2.75) is 18.7 Å². The lowest BCUT2D eigenvalue weighted by atomic mass is 10.1. The third-order valence-electron chi connectivity index (χ3n) is 2.24. The van der Waals surface area contributed by atoms with E-state index in [9.17, 15) is 8.42 Å². The average Bonchev–Trinajstić information content (AvgIpc) is 2.30. The topological polar surface area (TPSA) is 132 Å². The molecule has 0 atom stereocenters. The first-order valence-corrected chi connectivity index (χ1v) is 6.62. The van der Waals surface area contributed by atoms with E-state index < -0.39 is 15.7 Å². The van der Waals surface area contributed by atoms with Gasteiger partial charge in [-0.3, -0.25) is 5.43 Å². The minimum absolute atomic E-state index is 0.135. The van der Waals surface area contributed by atoms with E-state index in [1.54, 1.807) is 32.1 Å². The second-order valence-electron chi connectivity index (χ2n) is 3.80. The summed E-state index contributed by atoms with van der Waals surface area (Å²) in [6, 6.07) is 6.23. The molecule has 0 saturated carbocycles. The maximum atomic E-state index is 11.5. The number of hydrogen-bond donors (Lipinski definition) is 2. The summed E-state index contributed by atoms with van der Waals surface area (Å²) in [4.78, 5) is -0.135. The van der Waals surface area contributed by atoms with Crippen molar-refractivity contribution in [3.8, 4) is 12.1 Å². The quantitative estimate of drug-likeness (QED) is 0.621. The number of aryl methyl sites for hydroxylation is 2. The van der Waals surface area contributed by atoms with Crippen LogP contribution < -0.4 is 10.6 Å². The number of nitrogens with one attached hydrogen (secondary N) is 1. The van der Waals surface area contributed by atoms with Gasteiger partial charge in [-0.15, -0.1) is 0 Å². The molecular formula is C11H11N5O2S. The first kappa shape index (κ1) is 14.6. The molecule has 0 aromatic heterocycles. The number of hydrogen-bond acceptors (Lipinski definition) is 6. The van der Waals surface area contributed by atoms with Gasteiger partial charge in [0.25, 0.3) is 0 Å². The number of anilines is 1. The molecular weight excluding hydrogens is 266 g/mol. The number of nitriles is 2. The molecule has 0 heterocycles. The van der Waals surface area contributed by atoms with E-state index >= 15 is 0 Å². The van der Waals surface area contributed by atoms with Gasteiger partial charge < -0.3 is 0 Å². The maximum absolute atomic E-state index is 11.5. The lowest BCUT2D eigenvalue weighted by Gasteiger charge is -2.11. The van der Waals surface area contributed by atoms with Crippen LogP contribution in [0.3, 0.4) is 0 Å². The highest BCUT2D eigenvalue weighted by Gasteiger charge is 2.16. The van der Waals surface area contributed by atoms with Crippen LogP contribution in [0.5, 0.6) is 0 Å². The Hall–Kier alpha value is -2.42. The van der Waals surface area contributed by atoms with Crippen molar-refractivity contribution >= 4 is 21.4 Å². The van der Waals surface area contributed by atoms with Gasteiger partial charge in [-0.05, 0) is 31.0 Å². The van der Waals surface area contributed by atoms with E-state index in [1.807, 2.05) is 0 Å². The van der Waals surface area contributed by atoms with Gasteiger partial charge in [0.15, 0.2) is 0 Å². The molecule has 1 aromatic rings. The van der Waals surface area contributed by atoms with Gasteiger partial charge in [-0.2, -0.15) is 15.6 Å². The molecule has 0 spiro atoms. The molecule has 8 heteroatoms. The van der Waals surface area contributed by atoms with Crippen LogP contribution in [-0.2, 0) is 10.0 Å². The van der Waals surface area contributed by atoms with E-state index in [0.29, 0.717) is 5.56 Å². The number of sulfonamides is 1. The predicted octanol–water partition coefficient (Wildman–Crippen LogP) is 0.766. The van der Waals surface area contributed by atoms with E-state index in [2.05, 4.69) is 10.5 Å². The zero-order chi connectivity index (χ0) is 14.6. The highest BCUT2D eigenvalue weighted by Crippen LogP contribution is 2.26. The van der Waals surface area contributed by atoms with Crippen molar-refractivity contribution in [3.05, 3.63) is 23.3 Å². The SMILES string of the molecule is Cc1cc(C)c(NN=C(C#N)C#N)c(S(N)(=O)=O)c1. The monoisotopic (exact) mass is 277 g/mol. The average molecular weight is 277 g/mol. The molecule has 0 saturated heterocycles. The Bertz CT molecular complexity index is 707. The van der Waals surface area contributed by atoms with Gasteiger partial charge >= 0.3 is 0 Å². The molecule has 98 valence electrons. The first-order chi connectivity index (χ1) is 8.79. The summed E-state index contributed by atoms with van der Waals surface area (Å²) >= 11 is 0. The Morgan fingerprint density at radius 3 is 2.37 bits per heavy atom. The second-order valence-corrected chi connectivity index (χ2v) is 5.33. The molecule has 19 heavy (non-hydrogen) atoms. The molecule has 0 amide bonds. The van der Waals surface area contributed by atoms with Crippen LogP contribution in [0.25, 0.3) is 0 Å². The van der Waals surface area contributed by atoms with Gasteiger partial charge in [0, 0.05) is 0 Å². The smallest absolute Gasteiger partial charge is 0.240 e. The number of hydrazone groups is 1. The number of benzene rings is 1. The molecule has 0 aliphatic carbocycles. The minimum Gasteiger partial charge on any atom is -0.275 e. The van der Waals surface area contributed by atoms with Crippen molar-refractivity contribution in [2.75, 3.05) is 5.43 Å². The highest BCUT2D eigenvalue weighted by atomic mass is 32.2.